The molecule has 0 unspecified atom stereocenters. The van der Waals surface area contributed by atoms with Gasteiger partial charge in [0.2, 0.25) is 0 Å². The predicted molar refractivity (Wildman–Crippen MR) is 169 cm³/mol. The van der Waals surface area contributed by atoms with Crippen LogP contribution >= 0.6 is 0 Å². The zero-order valence-electron chi connectivity index (χ0n) is 23.4. The molecule has 0 saturated carbocycles. The maximum absolute atomic E-state index is 13.0. The van der Waals surface area contributed by atoms with Gasteiger partial charge in [0.1, 0.15) is 27.5 Å². The largest absolute Gasteiger partial charge is 0.324 e. The number of aromatic amines is 2. The zero-order valence-corrected chi connectivity index (χ0v) is 25.1. The summed E-state index contributed by atoms with van der Waals surface area (Å²) in [5.74, 6) is 6.86. The molecule has 5 heterocycles. The van der Waals surface area contributed by atoms with Crippen LogP contribution in [0.25, 0.3) is 89.7 Å². The van der Waals surface area contributed by atoms with Crippen molar-refractivity contribution in [1.82, 2.24) is 39.9 Å². The number of H-pyrrole nitrogens is 2. The van der Waals surface area contributed by atoms with Crippen LogP contribution in [-0.4, -0.2) is 48.3 Å². The first kappa shape index (κ1) is 28.1. The van der Waals surface area contributed by atoms with Crippen LogP contribution < -0.4 is 5.90 Å². The van der Waals surface area contributed by atoms with E-state index in [1.54, 1.807) is 12.1 Å². The van der Waals surface area contributed by atoms with Crippen molar-refractivity contribution in [2.24, 2.45) is 5.90 Å². The van der Waals surface area contributed by atoms with E-state index >= 15 is 0 Å². The van der Waals surface area contributed by atoms with Crippen molar-refractivity contribution in [2.45, 2.75) is 4.90 Å². The van der Waals surface area contributed by atoms with Crippen molar-refractivity contribution in [2.75, 3.05) is 0 Å². The van der Waals surface area contributed by atoms with Gasteiger partial charge in [0, 0.05) is 60.9 Å². The van der Waals surface area contributed by atoms with Crippen molar-refractivity contribution in [1.29, 1.82) is 0 Å². The number of benzene rings is 4. The molecule has 8 bridgehead atoms. The Morgan fingerprint density at radius 2 is 0.891 bits per heavy atom. The van der Waals surface area contributed by atoms with Crippen LogP contribution in [-0.2, 0) is 31.5 Å². The summed E-state index contributed by atoms with van der Waals surface area (Å²) in [6.07, 6.45) is 0. The fourth-order valence-corrected chi connectivity index (χ4v) is 6.72. The normalized spacial score (nSPS) is 12.1. The van der Waals surface area contributed by atoms with Gasteiger partial charge in [-0.05, 0) is 6.07 Å². The predicted octanol–water partition coefficient (Wildman–Crippen LogP) is 5.45. The molecule has 9 rings (SSSR count). The number of fused-ring (bicyclic) bond motifs is 20. The van der Waals surface area contributed by atoms with Gasteiger partial charge in [-0.3, -0.25) is 0 Å². The third-order valence-corrected chi connectivity index (χ3v) is 9.07. The molecule has 0 atom stereocenters. The molecular weight excluding hydrogens is 654 g/mol. The summed E-state index contributed by atoms with van der Waals surface area (Å²) in [7, 11) is -4.33. The molecule has 4 N–H and O–H groups in total. The molecule has 7 aromatic rings. The van der Waals surface area contributed by atoms with Crippen LogP contribution in [0.3, 0.4) is 0 Å². The number of hydrogen-bond donors (Lipinski definition) is 3. The summed E-state index contributed by atoms with van der Waals surface area (Å²) in [5.41, 5.74) is 4.78. The Morgan fingerprint density at radius 3 is 1.37 bits per heavy atom. The number of rotatable bonds is 2. The van der Waals surface area contributed by atoms with Gasteiger partial charge in [-0.1, -0.05) is 84.9 Å². The minimum atomic E-state index is -4.33. The van der Waals surface area contributed by atoms with Gasteiger partial charge in [0.25, 0.3) is 0 Å². The zero-order chi connectivity index (χ0) is 30.3. The maximum Gasteiger partial charge on any atom is 0.313 e. The second-order valence-corrected chi connectivity index (χ2v) is 12.0. The van der Waals surface area contributed by atoms with Gasteiger partial charge in [-0.25, -0.2) is 29.9 Å². The first-order valence-electron chi connectivity index (χ1n) is 13.8. The van der Waals surface area contributed by atoms with Gasteiger partial charge in [-0.15, -0.1) is 0 Å². The van der Waals surface area contributed by atoms with Crippen molar-refractivity contribution >= 4 is 54.3 Å². The van der Waals surface area contributed by atoms with Crippen molar-refractivity contribution in [3.8, 4) is 45.6 Å². The molecule has 0 fully saturated rings. The van der Waals surface area contributed by atoms with E-state index in [2.05, 4.69) is 14.3 Å². The van der Waals surface area contributed by atoms with Crippen molar-refractivity contribution in [3.63, 3.8) is 0 Å². The molecule has 0 saturated heterocycles. The maximum atomic E-state index is 13.0. The second kappa shape index (κ2) is 10.3. The number of hydrogen-bond acceptors (Lipinski definition) is 10. The molecular formula is C32H19CuN9O3S. The Balaban J connectivity index is 0.00000312. The monoisotopic (exact) mass is 672 g/mol. The van der Waals surface area contributed by atoms with Gasteiger partial charge in [0.15, 0.2) is 23.3 Å². The minimum absolute atomic E-state index is 0. The topological polar surface area (TPSA) is 178 Å². The Labute approximate surface area is 270 Å². The summed E-state index contributed by atoms with van der Waals surface area (Å²) in [6.45, 7) is 0. The standard InChI is InChI=1S/C32H19N9O3S.Cu/c33-44-45(42,43)23-15-7-14-22-24(23)32-40-30-21-13-6-5-12-20(21)28(38-30)36-26-17-9-2-1-8-16(17)25(34-26)35-27-18-10-3-4-11-19(18)29(37-27)39-31(22)41-32;/h1-15H,33H2,(H2,34,35,36,37,38,39,40,41);. The van der Waals surface area contributed by atoms with E-state index in [1.165, 1.54) is 6.07 Å². The quantitative estimate of drug-likeness (QED) is 0.158. The van der Waals surface area contributed by atoms with E-state index in [0.29, 0.717) is 45.6 Å². The molecule has 0 aliphatic carbocycles. The van der Waals surface area contributed by atoms with Gasteiger partial charge >= 0.3 is 10.1 Å². The number of nitrogens with one attached hydrogen (secondary N) is 2. The summed E-state index contributed by atoms with van der Waals surface area (Å²) in [4.78, 5) is 35.8. The minimum Gasteiger partial charge on any atom is -0.324 e. The van der Waals surface area contributed by atoms with Crippen LogP contribution in [0.2, 0.25) is 0 Å². The molecule has 0 spiro atoms. The van der Waals surface area contributed by atoms with Crippen molar-refractivity contribution < 1.29 is 29.8 Å². The number of aromatic nitrogens is 8. The Hall–Kier alpha value is -5.37. The molecule has 12 nitrogen and oxygen atoms in total. The second-order valence-electron chi connectivity index (χ2n) is 10.5. The van der Waals surface area contributed by atoms with E-state index in [9.17, 15) is 8.42 Å². The molecule has 14 heteroatoms. The SMILES string of the molecule is NOS(=O)(=O)c1cccc2c3nc4nc(nc5[nH]c(nc6nc(nc([nH]3)c12)-c1ccccc1-6)c1ccccc51)-c1ccccc1-4.[Cu]. The molecule has 2 aliphatic rings. The van der Waals surface area contributed by atoms with E-state index < -0.39 is 10.1 Å². The smallest absolute Gasteiger partial charge is 0.313 e. The fourth-order valence-electron chi connectivity index (χ4n) is 5.92. The van der Waals surface area contributed by atoms with Gasteiger partial charge in [0.05, 0.1) is 0 Å². The summed E-state index contributed by atoms with van der Waals surface area (Å²) < 4.78 is 30.4. The fraction of sp³-hybridized carbons (Fsp3) is 0. The Morgan fingerprint density at radius 1 is 0.500 bits per heavy atom. The third-order valence-electron chi connectivity index (χ3n) is 7.94. The van der Waals surface area contributed by atoms with Crippen LogP contribution in [0, 0.1) is 0 Å². The molecule has 227 valence electrons. The van der Waals surface area contributed by atoms with Crippen LogP contribution in [0.4, 0.5) is 0 Å². The molecule has 0 amide bonds. The molecule has 3 aromatic heterocycles. The third kappa shape index (κ3) is 4.16. The first-order chi connectivity index (χ1) is 22.0. The number of nitrogens with two attached hydrogens (primary N) is 1. The van der Waals surface area contributed by atoms with E-state index in [4.69, 9.17) is 35.8 Å². The summed E-state index contributed by atoms with van der Waals surface area (Å²) in [5, 5.41) is 2.46. The Kier molecular flexibility index (Phi) is 6.32. The molecule has 4 aromatic carbocycles. The van der Waals surface area contributed by atoms with E-state index in [1.807, 2.05) is 72.8 Å². The molecule has 46 heavy (non-hydrogen) atoms. The van der Waals surface area contributed by atoms with E-state index in [0.717, 1.165) is 33.0 Å². The molecule has 2 aliphatic heterocycles. The summed E-state index contributed by atoms with van der Waals surface area (Å²) >= 11 is 0. The molecule has 1 radical (unpaired) electrons. The Bertz CT molecular complexity index is 2680. The van der Waals surface area contributed by atoms with Gasteiger partial charge < -0.3 is 9.97 Å². The van der Waals surface area contributed by atoms with E-state index in [-0.39, 0.29) is 33.0 Å². The van der Waals surface area contributed by atoms with Crippen LogP contribution in [0.15, 0.2) is 95.9 Å². The van der Waals surface area contributed by atoms with Crippen molar-refractivity contribution in [3.05, 3.63) is 91.0 Å². The average molecular weight is 673 g/mol. The van der Waals surface area contributed by atoms with Crippen LogP contribution in [0.1, 0.15) is 0 Å². The average Bonchev–Trinajstić information content (AvgIpc) is 3.80. The summed E-state index contributed by atoms with van der Waals surface area (Å²) in [6, 6.07) is 27.8. The van der Waals surface area contributed by atoms with Gasteiger partial charge in [-0.2, -0.15) is 18.6 Å². The first-order valence-corrected chi connectivity index (χ1v) is 15.3. The van der Waals surface area contributed by atoms with Crippen LogP contribution in [0.5, 0.6) is 0 Å². The number of nitrogens with zero attached hydrogens (tertiary/aromatic N) is 6.